The van der Waals surface area contributed by atoms with E-state index in [1.54, 1.807) is 18.2 Å². The van der Waals surface area contributed by atoms with Gasteiger partial charge in [0, 0.05) is 19.2 Å². The summed E-state index contributed by atoms with van der Waals surface area (Å²) in [5.41, 5.74) is 3.66. The maximum Gasteiger partial charge on any atom is 0.227 e. The number of halogens is 1. The van der Waals surface area contributed by atoms with E-state index in [4.69, 9.17) is 26.0 Å². The van der Waals surface area contributed by atoms with E-state index in [1.165, 1.54) is 23.5 Å². The van der Waals surface area contributed by atoms with E-state index >= 15 is 0 Å². The van der Waals surface area contributed by atoms with Crippen molar-refractivity contribution in [2.24, 2.45) is 0 Å². The van der Waals surface area contributed by atoms with E-state index in [2.05, 4.69) is 29.2 Å². The van der Waals surface area contributed by atoms with Crippen molar-refractivity contribution in [1.29, 1.82) is 5.26 Å². The minimum atomic E-state index is -0.219. The zero-order valence-corrected chi connectivity index (χ0v) is 16.5. The van der Waals surface area contributed by atoms with E-state index in [1.807, 2.05) is 6.07 Å². The van der Waals surface area contributed by atoms with Crippen molar-refractivity contribution in [2.45, 2.75) is 26.1 Å². The third kappa shape index (κ3) is 4.51. The molecule has 2 aromatic carbocycles. The lowest BCUT2D eigenvalue weighted by Gasteiger charge is -2.28. The van der Waals surface area contributed by atoms with Crippen molar-refractivity contribution >= 4 is 11.6 Å². The van der Waals surface area contributed by atoms with Gasteiger partial charge in [-0.2, -0.15) is 5.26 Å². The van der Waals surface area contributed by atoms with Crippen molar-refractivity contribution in [3.05, 3.63) is 98.1 Å². The summed E-state index contributed by atoms with van der Waals surface area (Å²) < 4.78 is 11.2. The molecule has 1 aliphatic rings. The van der Waals surface area contributed by atoms with E-state index < -0.39 is 0 Å². The van der Waals surface area contributed by atoms with Crippen LogP contribution in [-0.2, 0) is 26.1 Å². The SMILES string of the molecule is N#Cc1ccc(COc2coc(CN3CCc4ccccc4C3)cc2=O)cc1Cl. The smallest absolute Gasteiger partial charge is 0.227 e. The van der Waals surface area contributed by atoms with Crippen LogP contribution in [0, 0.1) is 11.3 Å². The Balaban J connectivity index is 1.39. The quantitative estimate of drug-likeness (QED) is 0.631. The second-order valence-corrected chi connectivity index (χ2v) is 7.43. The van der Waals surface area contributed by atoms with Crippen LogP contribution < -0.4 is 10.2 Å². The number of nitriles is 1. The minimum absolute atomic E-state index is 0.151. The van der Waals surface area contributed by atoms with Gasteiger partial charge in [-0.3, -0.25) is 9.69 Å². The third-order valence-corrected chi connectivity index (χ3v) is 5.30. The van der Waals surface area contributed by atoms with Crippen molar-refractivity contribution in [3.63, 3.8) is 0 Å². The predicted molar refractivity (Wildman–Crippen MR) is 110 cm³/mol. The molecule has 0 amide bonds. The summed E-state index contributed by atoms with van der Waals surface area (Å²) in [6.07, 6.45) is 2.36. The highest BCUT2D eigenvalue weighted by Crippen LogP contribution is 2.21. The van der Waals surface area contributed by atoms with E-state index in [9.17, 15) is 4.79 Å². The van der Waals surface area contributed by atoms with Crippen LogP contribution in [-0.4, -0.2) is 11.4 Å². The Morgan fingerprint density at radius 2 is 2.00 bits per heavy atom. The summed E-state index contributed by atoms with van der Waals surface area (Å²) in [4.78, 5) is 14.7. The molecule has 29 heavy (non-hydrogen) atoms. The molecule has 0 spiro atoms. The molecule has 146 valence electrons. The summed E-state index contributed by atoms with van der Waals surface area (Å²) >= 11 is 6.02. The molecule has 0 saturated carbocycles. The molecule has 2 heterocycles. The Kier molecular flexibility index (Phi) is 5.66. The molecule has 4 rings (SSSR count). The summed E-state index contributed by atoms with van der Waals surface area (Å²) in [5, 5.41) is 9.28. The number of hydrogen-bond donors (Lipinski definition) is 0. The number of hydrogen-bond acceptors (Lipinski definition) is 5. The van der Waals surface area contributed by atoms with Crippen LogP contribution in [0.1, 0.15) is 28.0 Å². The van der Waals surface area contributed by atoms with Crippen molar-refractivity contribution in [1.82, 2.24) is 4.90 Å². The van der Waals surface area contributed by atoms with Crippen molar-refractivity contribution < 1.29 is 9.15 Å². The van der Waals surface area contributed by atoms with Gasteiger partial charge in [0.05, 0.1) is 17.1 Å². The first-order valence-corrected chi connectivity index (χ1v) is 9.72. The number of rotatable bonds is 5. The first-order chi connectivity index (χ1) is 14.1. The highest BCUT2D eigenvalue weighted by atomic mass is 35.5. The molecule has 0 bridgehead atoms. The van der Waals surface area contributed by atoms with E-state index in [0.29, 0.717) is 22.9 Å². The average Bonchev–Trinajstić information content (AvgIpc) is 2.73. The average molecular weight is 407 g/mol. The van der Waals surface area contributed by atoms with Crippen molar-refractivity contribution in [3.8, 4) is 11.8 Å². The summed E-state index contributed by atoms with van der Waals surface area (Å²) in [7, 11) is 0. The van der Waals surface area contributed by atoms with Gasteiger partial charge in [-0.25, -0.2) is 0 Å². The molecule has 0 atom stereocenters. The Labute approximate surface area is 173 Å². The van der Waals surface area contributed by atoms with Gasteiger partial charge >= 0.3 is 0 Å². The van der Waals surface area contributed by atoms with Gasteiger partial charge in [0.1, 0.15) is 24.7 Å². The second kappa shape index (κ2) is 8.52. The molecule has 0 unspecified atom stereocenters. The molecule has 0 fully saturated rings. The normalized spacial score (nSPS) is 13.5. The molecule has 0 radical (unpaired) electrons. The highest BCUT2D eigenvalue weighted by Gasteiger charge is 2.17. The zero-order chi connectivity index (χ0) is 20.2. The van der Waals surface area contributed by atoms with Crippen LogP contribution in [0.15, 0.2) is 64.0 Å². The zero-order valence-electron chi connectivity index (χ0n) is 15.7. The molecule has 1 aliphatic heterocycles. The molecular formula is C23H19ClN2O3. The molecule has 0 aliphatic carbocycles. The van der Waals surface area contributed by atoms with Gasteiger partial charge in [-0.1, -0.05) is 41.9 Å². The fourth-order valence-electron chi connectivity index (χ4n) is 3.44. The van der Waals surface area contributed by atoms with Gasteiger partial charge in [-0.05, 0) is 35.2 Å². The van der Waals surface area contributed by atoms with E-state index in [0.717, 1.165) is 25.1 Å². The highest BCUT2D eigenvalue weighted by molar-refractivity contribution is 6.31. The molecular weight excluding hydrogens is 388 g/mol. The van der Waals surface area contributed by atoms with Crippen LogP contribution in [0.5, 0.6) is 5.75 Å². The lowest BCUT2D eigenvalue weighted by molar-refractivity contribution is 0.220. The topological polar surface area (TPSA) is 66.5 Å². The van der Waals surface area contributed by atoms with Crippen molar-refractivity contribution in [2.75, 3.05) is 6.54 Å². The van der Waals surface area contributed by atoms with Crippen LogP contribution >= 0.6 is 11.6 Å². The second-order valence-electron chi connectivity index (χ2n) is 7.02. The molecule has 0 saturated heterocycles. The monoisotopic (exact) mass is 406 g/mol. The molecule has 6 heteroatoms. The maximum atomic E-state index is 12.4. The Morgan fingerprint density at radius 1 is 1.17 bits per heavy atom. The fraction of sp³-hybridized carbons (Fsp3) is 0.217. The first kappa shape index (κ1) is 19.3. The van der Waals surface area contributed by atoms with Crippen LogP contribution in [0.4, 0.5) is 0 Å². The lowest BCUT2D eigenvalue weighted by Crippen LogP contribution is -2.30. The van der Waals surface area contributed by atoms with Crippen LogP contribution in [0.25, 0.3) is 0 Å². The number of benzene rings is 2. The fourth-order valence-corrected chi connectivity index (χ4v) is 3.68. The molecule has 0 N–H and O–H groups in total. The maximum absolute atomic E-state index is 12.4. The Bertz CT molecular complexity index is 1130. The van der Waals surface area contributed by atoms with Gasteiger partial charge in [0.25, 0.3) is 0 Å². The van der Waals surface area contributed by atoms with Gasteiger partial charge < -0.3 is 9.15 Å². The van der Waals surface area contributed by atoms with Gasteiger partial charge in [0.15, 0.2) is 0 Å². The summed E-state index contributed by atoms with van der Waals surface area (Å²) in [6, 6.07) is 17.0. The summed E-state index contributed by atoms with van der Waals surface area (Å²) in [6.45, 7) is 2.52. The third-order valence-electron chi connectivity index (χ3n) is 4.99. The molecule has 5 nitrogen and oxygen atoms in total. The number of nitrogens with zero attached hydrogens (tertiary/aromatic N) is 2. The first-order valence-electron chi connectivity index (χ1n) is 9.34. The minimum Gasteiger partial charge on any atom is -0.482 e. The standard InChI is InChI=1S/C23H19ClN2O3/c24-21-9-16(5-6-18(21)11-25)14-29-23-15-28-20(10-22(23)27)13-26-8-7-17-3-1-2-4-19(17)12-26/h1-6,9-10,15H,7-8,12-14H2. The van der Waals surface area contributed by atoms with E-state index in [-0.39, 0.29) is 17.8 Å². The Morgan fingerprint density at radius 3 is 2.76 bits per heavy atom. The largest absolute Gasteiger partial charge is 0.482 e. The predicted octanol–water partition coefficient (Wildman–Crippen LogP) is 4.30. The summed E-state index contributed by atoms with van der Waals surface area (Å²) in [5.74, 6) is 0.765. The van der Waals surface area contributed by atoms with Gasteiger partial charge in [0.2, 0.25) is 11.2 Å². The number of fused-ring (bicyclic) bond motifs is 1. The number of ether oxygens (including phenoxy) is 1. The lowest BCUT2D eigenvalue weighted by atomic mass is 10.00. The molecule has 1 aromatic heterocycles. The van der Waals surface area contributed by atoms with Gasteiger partial charge in [-0.15, -0.1) is 0 Å². The van der Waals surface area contributed by atoms with Crippen LogP contribution in [0.2, 0.25) is 5.02 Å². The Hall–Kier alpha value is -3.07. The molecule has 3 aromatic rings. The van der Waals surface area contributed by atoms with Crippen LogP contribution in [0.3, 0.4) is 0 Å².